The van der Waals surface area contributed by atoms with Crippen LogP contribution < -0.4 is 0 Å². The molecule has 1 aromatic carbocycles. The number of hydrogen-bond acceptors (Lipinski definition) is 3. The van der Waals surface area contributed by atoms with E-state index in [9.17, 15) is 0 Å². The van der Waals surface area contributed by atoms with Gasteiger partial charge in [-0.05, 0) is 38.5 Å². The van der Waals surface area contributed by atoms with Crippen molar-refractivity contribution >= 4 is 11.0 Å². The van der Waals surface area contributed by atoms with Crippen LogP contribution in [0.4, 0.5) is 0 Å². The highest BCUT2D eigenvalue weighted by Crippen LogP contribution is 2.24. The molecule has 0 aliphatic heterocycles. The number of H-pyrrole nitrogens is 1. The predicted octanol–water partition coefficient (Wildman–Crippen LogP) is 2.95. The van der Waals surface area contributed by atoms with Gasteiger partial charge in [-0.15, -0.1) is 0 Å². The van der Waals surface area contributed by atoms with Crippen LogP contribution in [0.3, 0.4) is 0 Å². The zero-order valence-corrected chi connectivity index (χ0v) is 10.7. The third-order valence-electron chi connectivity index (χ3n) is 3.07. The van der Waals surface area contributed by atoms with Gasteiger partial charge in [0, 0.05) is 5.56 Å². The summed E-state index contributed by atoms with van der Waals surface area (Å²) < 4.78 is 0. The Bertz CT molecular complexity index is 728. The molecule has 2 heterocycles. The molecule has 0 radical (unpaired) electrons. The average molecular weight is 238 g/mol. The summed E-state index contributed by atoms with van der Waals surface area (Å²) in [5.74, 6) is 0.856. The van der Waals surface area contributed by atoms with E-state index in [2.05, 4.69) is 33.2 Å². The molecule has 0 bridgehead atoms. The first-order valence-electron chi connectivity index (χ1n) is 5.92. The van der Waals surface area contributed by atoms with E-state index >= 15 is 0 Å². The summed E-state index contributed by atoms with van der Waals surface area (Å²) in [6, 6.07) is 8.14. The van der Waals surface area contributed by atoms with E-state index in [1.165, 1.54) is 5.56 Å². The SMILES string of the molecule is Cc1cc(-c2nc3c(C)cccc3[nH]2)c(C)nn1. The Hall–Kier alpha value is -2.23. The molecule has 0 unspecified atom stereocenters. The molecule has 3 rings (SSSR count). The van der Waals surface area contributed by atoms with Crippen LogP contribution in [0.15, 0.2) is 24.3 Å². The fourth-order valence-corrected chi connectivity index (χ4v) is 2.09. The minimum absolute atomic E-state index is 0.856. The molecule has 0 aliphatic rings. The van der Waals surface area contributed by atoms with Crippen molar-refractivity contribution in [2.24, 2.45) is 0 Å². The Kier molecular flexibility index (Phi) is 2.37. The molecule has 0 aliphatic carbocycles. The molecule has 1 N–H and O–H groups in total. The predicted molar refractivity (Wildman–Crippen MR) is 71.3 cm³/mol. The van der Waals surface area contributed by atoms with E-state index in [1.807, 2.05) is 32.0 Å². The van der Waals surface area contributed by atoms with Crippen LogP contribution in [0.1, 0.15) is 17.0 Å². The van der Waals surface area contributed by atoms with Gasteiger partial charge in [0.2, 0.25) is 0 Å². The number of aryl methyl sites for hydroxylation is 3. The van der Waals surface area contributed by atoms with E-state index in [4.69, 9.17) is 0 Å². The van der Waals surface area contributed by atoms with Crippen LogP contribution >= 0.6 is 0 Å². The molecule has 4 nitrogen and oxygen atoms in total. The third kappa shape index (κ3) is 1.66. The van der Waals surface area contributed by atoms with Gasteiger partial charge >= 0.3 is 0 Å². The number of imidazole rings is 1. The van der Waals surface area contributed by atoms with E-state index < -0.39 is 0 Å². The van der Waals surface area contributed by atoms with E-state index in [0.29, 0.717) is 0 Å². The van der Waals surface area contributed by atoms with Gasteiger partial charge in [0.1, 0.15) is 5.82 Å². The summed E-state index contributed by atoms with van der Waals surface area (Å²) in [6.45, 7) is 5.95. The molecule has 90 valence electrons. The average Bonchev–Trinajstić information content (AvgIpc) is 2.77. The van der Waals surface area contributed by atoms with Crippen molar-refractivity contribution < 1.29 is 0 Å². The fourth-order valence-electron chi connectivity index (χ4n) is 2.09. The molecule has 3 aromatic rings. The number of aromatic nitrogens is 4. The van der Waals surface area contributed by atoms with Gasteiger partial charge in [0.15, 0.2) is 0 Å². The maximum absolute atomic E-state index is 4.66. The van der Waals surface area contributed by atoms with Gasteiger partial charge in [0.25, 0.3) is 0 Å². The molecule has 4 heteroatoms. The number of hydrogen-bond donors (Lipinski definition) is 1. The molecular weight excluding hydrogens is 224 g/mol. The highest BCUT2D eigenvalue weighted by molar-refractivity contribution is 5.82. The Labute approximate surface area is 105 Å². The molecule has 18 heavy (non-hydrogen) atoms. The molecule has 0 fully saturated rings. The summed E-state index contributed by atoms with van der Waals surface area (Å²) in [4.78, 5) is 8.00. The number of nitrogens with one attached hydrogen (secondary N) is 1. The number of fused-ring (bicyclic) bond motifs is 1. The van der Waals surface area contributed by atoms with Gasteiger partial charge < -0.3 is 4.98 Å². The van der Waals surface area contributed by atoms with Crippen LogP contribution in [-0.2, 0) is 0 Å². The smallest absolute Gasteiger partial charge is 0.140 e. The Morgan fingerprint density at radius 3 is 2.67 bits per heavy atom. The summed E-state index contributed by atoms with van der Waals surface area (Å²) >= 11 is 0. The van der Waals surface area contributed by atoms with Gasteiger partial charge in [-0.25, -0.2) is 4.98 Å². The molecule has 0 saturated carbocycles. The largest absolute Gasteiger partial charge is 0.338 e. The minimum Gasteiger partial charge on any atom is -0.338 e. The lowest BCUT2D eigenvalue weighted by Crippen LogP contribution is -1.94. The Morgan fingerprint density at radius 2 is 1.89 bits per heavy atom. The molecule has 0 amide bonds. The van der Waals surface area contributed by atoms with Crippen LogP contribution in [0.25, 0.3) is 22.4 Å². The number of benzene rings is 1. The standard InChI is InChI=1S/C14H14N4/c1-8-5-4-6-12-13(8)16-14(15-12)11-7-9(2)17-18-10(11)3/h4-7H,1-3H3,(H,15,16). The van der Waals surface area contributed by atoms with E-state index in [1.54, 1.807) is 0 Å². The van der Waals surface area contributed by atoms with Crippen molar-refractivity contribution in [2.45, 2.75) is 20.8 Å². The van der Waals surface area contributed by atoms with Gasteiger partial charge in [-0.2, -0.15) is 10.2 Å². The number of aromatic amines is 1. The summed E-state index contributed by atoms with van der Waals surface area (Å²) in [5, 5.41) is 8.18. The second kappa shape index (κ2) is 3.91. The minimum atomic E-state index is 0.856. The van der Waals surface area contributed by atoms with Crippen LogP contribution in [0.2, 0.25) is 0 Å². The molecule has 0 atom stereocenters. The van der Waals surface area contributed by atoms with Gasteiger partial charge in [-0.3, -0.25) is 0 Å². The number of para-hydroxylation sites is 1. The zero-order valence-electron chi connectivity index (χ0n) is 10.7. The molecular formula is C14H14N4. The second-order valence-corrected chi connectivity index (χ2v) is 4.54. The van der Waals surface area contributed by atoms with Gasteiger partial charge in [-0.1, -0.05) is 12.1 Å². The van der Waals surface area contributed by atoms with Crippen molar-refractivity contribution in [3.05, 3.63) is 41.2 Å². The first-order chi connectivity index (χ1) is 8.65. The van der Waals surface area contributed by atoms with E-state index in [0.717, 1.165) is 33.8 Å². The lowest BCUT2D eigenvalue weighted by Gasteiger charge is -2.01. The quantitative estimate of drug-likeness (QED) is 0.709. The van der Waals surface area contributed by atoms with Crippen molar-refractivity contribution in [3.63, 3.8) is 0 Å². The molecule has 2 aromatic heterocycles. The van der Waals surface area contributed by atoms with Crippen LogP contribution in [0, 0.1) is 20.8 Å². The Morgan fingerprint density at radius 1 is 1.06 bits per heavy atom. The zero-order chi connectivity index (χ0) is 12.7. The normalized spacial score (nSPS) is 11.1. The fraction of sp³-hybridized carbons (Fsp3) is 0.214. The van der Waals surface area contributed by atoms with Gasteiger partial charge in [0.05, 0.1) is 22.4 Å². The van der Waals surface area contributed by atoms with Crippen LogP contribution in [0.5, 0.6) is 0 Å². The van der Waals surface area contributed by atoms with E-state index in [-0.39, 0.29) is 0 Å². The highest BCUT2D eigenvalue weighted by Gasteiger charge is 2.10. The summed E-state index contributed by atoms with van der Waals surface area (Å²) in [7, 11) is 0. The summed E-state index contributed by atoms with van der Waals surface area (Å²) in [5.41, 5.74) is 6.04. The third-order valence-corrected chi connectivity index (χ3v) is 3.07. The Balaban J connectivity index is 2.26. The first-order valence-corrected chi connectivity index (χ1v) is 5.92. The maximum atomic E-state index is 4.66. The lowest BCUT2D eigenvalue weighted by atomic mass is 10.2. The summed E-state index contributed by atoms with van der Waals surface area (Å²) in [6.07, 6.45) is 0. The highest BCUT2D eigenvalue weighted by atomic mass is 15.1. The van der Waals surface area contributed by atoms with Crippen molar-refractivity contribution in [2.75, 3.05) is 0 Å². The topological polar surface area (TPSA) is 54.5 Å². The molecule has 0 spiro atoms. The van der Waals surface area contributed by atoms with Crippen molar-refractivity contribution in [1.29, 1.82) is 0 Å². The second-order valence-electron chi connectivity index (χ2n) is 4.54. The lowest BCUT2D eigenvalue weighted by molar-refractivity contribution is 0.940. The first kappa shape index (κ1) is 10.9. The van der Waals surface area contributed by atoms with Crippen molar-refractivity contribution in [3.8, 4) is 11.4 Å². The molecule has 0 saturated heterocycles. The van der Waals surface area contributed by atoms with Crippen molar-refractivity contribution in [1.82, 2.24) is 20.2 Å². The number of nitrogens with zero attached hydrogens (tertiary/aromatic N) is 3. The number of rotatable bonds is 1. The monoisotopic (exact) mass is 238 g/mol. The maximum Gasteiger partial charge on any atom is 0.140 e. The van der Waals surface area contributed by atoms with Crippen LogP contribution in [-0.4, -0.2) is 20.2 Å².